The van der Waals surface area contributed by atoms with E-state index in [0.717, 1.165) is 26.1 Å². The van der Waals surface area contributed by atoms with Crippen molar-refractivity contribution >= 4 is 5.78 Å². The van der Waals surface area contributed by atoms with Crippen molar-refractivity contribution in [2.75, 3.05) is 40.0 Å². The van der Waals surface area contributed by atoms with Gasteiger partial charge in [0.05, 0.1) is 13.0 Å². The van der Waals surface area contributed by atoms with Crippen molar-refractivity contribution in [1.29, 1.82) is 0 Å². The minimum Gasteiger partial charge on any atom is -0.377 e. The van der Waals surface area contributed by atoms with Crippen molar-refractivity contribution in [3.63, 3.8) is 0 Å². The molecule has 0 radical (unpaired) electrons. The first kappa shape index (κ1) is 15.1. The van der Waals surface area contributed by atoms with E-state index in [1.54, 1.807) is 0 Å². The molecule has 1 saturated heterocycles. The number of carbonyl (C=O) groups is 1. The standard InChI is InChI=1S/C13H21N3O4/c1-3-4-16-5-6-19-11(8-16)13-14-12(20-15-13)7-10(17)9-18-2/h11H,3-9H2,1-2H3. The van der Waals surface area contributed by atoms with E-state index in [4.69, 9.17) is 14.0 Å². The Labute approximate surface area is 118 Å². The molecule has 20 heavy (non-hydrogen) atoms. The summed E-state index contributed by atoms with van der Waals surface area (Å²) in [6, 6.07) is 0. The van der Waals surface area contributed by atoms with Crippen molar-refractivity contribution in [2.45, 2.75) is 25.9 Å². The van der Waals surface area contributed by atoms with E-state index in [0.29, 0.717) is 18.3 Å². The summed E-state index contributed by atoms with van der Waals surface area (Å²) in [5, 5.41) is 3.92. The first-order valence-electron chi connectivity index (χ1n) is 6.90. The number of carbonyl (C=O) groups excluding carboxylic acids is 1. The largest absolute Gasteiger partial charge is 0.377 e. The highest BCUT2D eigenvalue weighted by Crippen LogP contribution is 2.19. The molecule has 1 aliphatic rings. The van der Waals surface area contributed by atoms with Crippen LogP contribution in [0.25, 0.3) is 0 Å². The highest BCUT2D eigenvalue weighted by molar-refractivity contribution is 5.81. The topological polar surface area (TPSA) is 77.7 Å². The molecule has 1 unspecified atom stereocenters. The molecule has 0 bridgehead atoms. The second-order valence-corrected chi connectivity index (χ2v) is 4.85. The molecule has 0 N–H and O–H groups in total. The Balaban J connectivity index is 1.92. The molecule has 1 atom stereocenters. The molecular formula is C13H21N3O4. The Morgan fingerprint density at radius 2 is 2.40 bits per heavy atom. The number of rotatable bonds is 7. The van der Waals surface area contributed by atoms with Gasteiger partial charge in [0.2, 0.25) is 11.7 Å². The summed E-state index contributed by atoms with van der Waals surface area (Å²) in [4.78, 5) is 18.0. The van der Waals surface area contributed by atoms with Gasteiger partial charge in [-0.25, -0.2) is 0 Å². The van der Waals surface area contributed by atoms with Gasteiger partial charge >= 0.3 is 0 Å². The molecule has 2 rings (SSSR count). The molecule has 1 aliphatic heterocycles. The van der Waals surface area contributed by atoms with E-state index >= 15 is 0 Å². The normalized spacial score (nSPS) is 20.2. The Hall–Kier alpha value is -1.31. The van der Waals surface area contributed by atoms with Crippen LogP contribution >= 0.6 is 0 Å². The van der Waals surface area contributed by atoms with Gasteiger partial charge in [0, 0.05) is 20.2 Å². The average Bonchev–Trinajstić information content (AvgIpc) is 2.88. The highest BCUT2D eigenvalue weighted by atomic mass is 16.5. The number of ketones is 1. The van der Waals surface area contributed by atoms with Gasteiger partial charge < -0.3 is 14.0 Å². The first-order valence-corrected chi connectivity index (χ1v) is 6.90. The van der Waals surface area contributed by atoms with Crippen LogP contribution in [0, 0.1) is 0 Å². The SMILES string of the molecule is CCCN1CCOC(c2noc(CC(=O)COC)n2)C1. The highest BCUT2D eigenvalue weighted by Gasteiger charge is 2.26. The smallest absolute Gasteiger partial charge is 0.234 e. The van der Waals surface area contributed by atoms with Crippen LogP contribution in [0.2, 0.25) is 0 Å². The van der Waals surface area contributed by atoms with E-state index in [-0.39, 0.29) is 24.9 Å². The number of ether oxygens (including phenoxy) is 2. The third-order valence-corrected chi connectivity index (χ3v) is 3.12. The van der Waals surface area contributed by atoms with Gasteiger partial charge in [0.25, 0.3) is 0 Å². The number of nitrogens with zero attached hydrogens (tertiary/aromatic N) is 3. The summed E-state index contributed by atoms with van der Waals surface area (Å²) >= 11 is 0. The van der Waals surface area contributed by atoms with Crippen LogP contribution in [0.4, 0.5) is 0 Å². The molecular weight excluding hydrogens is 262 g/mol. The van der Waals surface area contributed by atoms with Crippen molar-refractivity contribution in [3.8, 4) is 0 Å². The number of aromatic nitrogens is 2. The number of hydrogen-bond donors (Lipinski definition) is 0. The van der Waals surface area contributed by atoms with E-state index in [1.807, 2.05) is 0 Å². The molecule has 1 aromatic heterocycles. The average molecular weight is 283 g/mol. The number of Topliss-reactive ketones (excluding diaryl/α,β-unsaturated/α-hetero) is 1. The van der Waals surface area contributed by atoms with Crippen LogP contribution < -0.4 is 0 Å². The molecule has 0 spiro atoms. The molecule has 112 valence electrons. The molecule has 0 amide bonds. The maximum Gasteiger partial charge on any atom is 0.234 e. The molecule has 7 nitrogen and oxygen atoms in total. The summed E-state index contributed by atoms with van der Waals surface area (Å²) in [7, 11) is 1.48. The predicted molar refractivity (Wildman–Crippen MR) is 70.3 cm³/mol. The fourth-order valence-electron chi connectivity index (χ4n) is 2.23. The van der Waals surface area contributed by atoms with Crippen LogP contribution in [-0.2, 0) is 20.7 Å². The zero-order chi connectivity index (χ0) is 14.4. The van der Waals surface area contributed by atoms with Crippen molar-refractivity contribution in [1.82, 2.24) is 15.0 Å². The van der Waals surface area contributed by atoms with Gasteiger partial charge in [-0.1, -0.05) is 12.1 Å². The number of hydrogen-bond acceptors (Lipinski definition) is 7. The maximum absolute atomic E-state index is 11.4. The lowest BCUT2D eigenvalue weighted by molar-refractivity contribution is -0.122. The quantitative estimate of drug-likeness (QED) is 0.725. The Morgan fingerprint density at radius 3 is 3.15 bits per heavy atom. The summed E-state index contributed by atoms with van der Waals surface area (Å²) in [6.07, 6.45) is 1.03. The fraction of sp³-hybridized carbons (Fsp3) is 0.769. The van der Waals surface area contributed by atoms with Gasteiger partial charge in [-0.05, 0) is 13.0 Å². The fourth-order valence-corrected chi connectivity index (χ4v) is 2.23. The zero-order valence-corrected chi connectivity index (χ0v) is 12.0. The minimum absolute atomic E-state index is 0.0575. The third-order valence-electron chi connectivity index (χ3n) is 3.12. The molecule has 0 aromatic carbocycles. The van der Waals surface area contributed by atoms with Crippen molar-refractivity contribution in [3.05, 3.63) is 11.7 Å². The summed E-state index contributed by atoms with van der Waals surface area (Å²) in [6.45, 7) is 5.61. The van der Waals surface area contributed by atoms with Crippen LogP contribution in [0.1, 0.15) is 31.2 Å². The van der Waals surface area contributed by atoms with Gasteiger partial charge in [-0.2, -0.15) is 4.98 Å². The molecule has 0 saturated carbocycles. The van der Waals surface area contributed by atoms with Crippen LogP contribution in [0.5, 0.6) is 0 Å². The Morgan fingerprint density at radius 1 is 1.55 bits per heavy atom. The summed E-state index contributed by atoms with van der Waals surface area (Å²) in [5.41, 5.74) is 0. The number of morpholine rings is 1. The van der Waals surface area contributed by atoms with E-state index in [1.165, 1.54) is 7.11 Å². The zero-order valence-electron chi connectivity index (χ0n) is 12.0. The van der Waals surface area contributed by atoms with Crippen LogP contribution in [0.15, 0.2) is 4.52 Å². The molecule has 1 fully saturated rings. The monoisotopic (exact) mass is 283 g/mol. The predicted octanol–water partition coefficient (Wildman–Crippen LogP) is 0.611. The maximum atomic E-state index is 11.4. The first-order chi connectivity index (χ1) is 9.72. The van der Waals surface area contributed by atoms with E-state index in [2.05, 4.69) is 22.0 Å². The van der Waals surface area contributed by atoms with Gasteiger partial charge in [0.15, 0.2) is 5.78 Å². The summed E-state index contributed by atoms with van der Waals surface area (Å²) < 4.78 is 15.5. The number of methoxy groups -OCH3 is 1. The Kier molecular flexibility index (Phi) is 5.63. The van der Waals surface area contributed by atoms with Gasteiger partial charge in [-0.15, -0.1) is 0 Å². The van der Waals surface area contributed by atoms with Crippen LogP contribution in [-0.4, -0.2) is 60.8 Å². The third kappa shape index (κ3) is 4.09. The second kappa shape index (κ2) is 7.47. The lowest BCUT2D eigenvalue weighted by Crippen LogP contribution is -2.39. The van der Waals surface area contributed by atoms with Crippen molar-refractivity contribution < 1.29 is 18.8 Å². The lowest BCUT2D eigenvalue weighted by Gasteiger charge is -2.30. The second-order valence-electron chi connectivity index (χ2n) is 4.85. The van der Waals surface area contributed by atoms with Crippen molar-refractivity contribution in [2.24, 2.45) is 0 Å². The van der Waals surface area contributed by atoms with E-state index < -0.39 is 0 Å². The molecule has 0 aliphatic carbocycles. The van der Waals surface area contributed by atoms with Gasteiger partial charge in [0.1, 0.15) is 12.7 Å². The summed E-state index contributed by atoms with van der Waals surface area (Å²) in [5.74, 6) is 0.754. The van der Waals surface area contributed by atoms with E-state index in [9.17, 15) is 4.79 Å². The minimum atomic E-state index is -0.176. The van der Waals surface area contributed by atoms with Gasteiger partial charge in [-0.3, -0.25) is 9.69 Å². The molecule has 2 heterocycles. The molecule has 7 heteroatoms. The molecule has 1 aromatic rings. The Bertz CT molecular complexity index is 433. The van der Waals surface area contributed by atoms with Crippen LogP contribution in [0.3, 0.4) is 0 Å². The lowest BCUT2D eigenvalue weighted by atomic mass is 10.2.